The topological polar surface area (TPSA) is 115 Å². The number of hydrogen-bond donors (Lipinski definition) is 2. The van der Waals surface area contributed by atoms with Crippen LogP contribution in [0.2, 0.25) is 0 Å². The number of sulfonamides is 1. The van der Waals surface area contributed by atoms with Gasteiger partial charge in [0.05, 0.1) is 17.7 Å². The molecular weight excluding hydrogens is 444 g/mol. The number of nitrogens with one attached hydrogen (secondary N) is 2. The van der Waals surface area contributed by atoms with Crippen molar-refractivity contribution in [2.75, 3.05) is 11.9 Å². The van der Waals surface area contributed by atoms with Crippen molar-refractivity contribution in [3.05, 3.63) is 89.4 Å². The number of carbonyl (C=O) groups is 2. The van der Waals surface area contributed by atoms with Crippen LogP contribution in [0.5, 0.6) is 0 Å². The Hall–Kier alpha value is -3.69. The summed E-state index contributed by atoms with van der Waals surface area (Å²) in [6.07, 6.45) is 4.11. The molecule has 0 bridgehead atoms. The lowest BCUT2D eigenvalue weighted by Gasteiger charge is -2.10. The molecule has 0 aliphatic heterocycles. The van der Waals surface area contributed by atoms with Crippen LogP contribution in [-0.2, 0) is 30.9 Å². The van der Waals surface area contributed by atoms with E-state index in [0.29, 0.717) is 17.0 Å². The van der Waals surface area contributed by atoms with Gasteiger partial charge in [-0.2, -0.15) is 0 Å². The van der Waals surface area contributed by atoms with Gasteiger partial charge < -0.3 is 14.5 Å². The molecule has 0 saturated heterocycles. The molecule has 0 radical (unpaired) electrons. The molecule has 0 saturated carbocycles. The number of anilines is 1. The first-order valence-corrected chi connectivity index (χ1v) is 11.6. The maximum absolute atomic E-state index is 12.3. The van der Waals surface area contributed by atoms with E-state index in [2.05, 4.69) is 10.0 Å². The van der Waals surface area contributed by atoms with E-state index in [0.717, 1.165) is 11.1 Å². The summed E-state index contributed by atoms with van der Waals surface area (Å²) < 4.78 is 37.2. The Morgan fingerprint density at radius 3 is 2.48 bits per heavy atom. The summed E-state index contributed by atoms with van der Waals surface area (Å²) in [5.41, 5.74) is 3.25. The summed E-state index contributed by atoms with van der Waals surface area (Å²) in [4.78, 5) is 24.0. The summed E-state index contributed by atoms with van der Waals surface area (Å²) in [5.74, 6) is -0.635. The van der Waals surface area contributed by atoms with Gasteiger partial charge in [-0.15, -0.1) is 0 Å². The predicted molar refractivity (Wildman–Crippen MR) is 124 cm³/mol. The quantitative estimate of drug-likeness (QED) is 0.367. The molecular formula is C24H24N2O6S. The van der Waals surface area contributed by atoms with E-state index in [1.54, 1.807) is 30.3 Å². The molecule has 1 amide bonds. The van der Waals surface area contributed by atoms with E-state index in [-0.39, 0.29) is 11.4 Å². The number of hydrogen-bond acceptors (Lipinski definition) is 6. The van der Waals surface area contributed by atoms with E-state index in [9.17, 15) is 18.0 Å². The molecule has 8 nitrogen and oxygen atoms in total. The monoisotopic (exact) mass is 468 g/mol. The molecule has 172 valence electrons. The van der Waals surface area contributed by atoms with Crippen LogP contribution in [0.25, 0.3) is 6.08 Å². The van der Waals surface area contributed by atoms with Crippen LogP contribution >= 0.6 is 0 Å². The van der Waals surface area contributed by atoms with Crippen molar-refractivity contribution >= 4 is 33.7 Å². The molecule has 0 spiro atoms. The Balaban J connectivity index is 1.49. The van der Waals surface area contributed by atoms with E-state index in [1.807, 2.05) is 26.0 Å². The molecule has 0 aliphatic rings. The van der Waals surface area contributed by atoms with Crippen LogP contribution < -0.4 is 10.0 Å². The normalized spacial score (nSPS) is 11.5. The van der Waals surface area contributed by atoms with Gasteiger partial charge in [-0.25, -0.2) is 17.9 Å². The molecule has 1 aromatic heterocycles. The number of aryl methyl sites for hydroxylation is 1. The maximum atomic E-state index is 12.3. The van der Waals surface area contributed by atoms with Crippen LogP contribution in [0.4, 0.5) is 5.69 Å². The average Bonchev–Trinajstić information content (AvgIpc) is 3.32. The second kappa shape index (κ2) is 10.8. The lowest BCUT2D eigenvalue weighted by molar-refractivity contribution is -0.142. The zero-order valence-corrected chi connectivity index (χ0v) is 19.0. The first-order valence-electron chi connectivity index (χ1n) is 10.1. The molecule has 0 unspecified atom stereocenters. The molecule has 3 aromatic rings. The minimum Gasteiger partial charge on any atom is -0.468 e. The predicted octanol–water partition coefficient (Wildman–Crippen LogP) is 3.57. The molecule has 0 fully saturated rings. The van der Waals surface area contributed by atoms with Gasteiger partial charge in [-0.3, -0.25) is 4.79 Å². The summed E-state index contributed by atoms with van der Waals surface area (Å²) in [5, 5.41) is 2.71. The fourth-order valence-electron chi connectivity index (χ4n) is 2.84. The summed E-state index contributed by atoms with van der Waals surface area (Å²) in [6.45, 7) is 3.45. The SMILES string of the molecule is Cc1cccc(NC(=O)COC(=O)C=Cc2ccc(S(=O)(=O)NCc3ccco3)cc2)c1C. The maximum Gasteiger partial charge on any atom is 0.331 e. The molecule has 3 rings (SSSR count). The van der Waals surface area contributed by atoms with Gasteiger partial charge in [-0.05, 0) is 66.9 Å². The second-order valence-electron chi connectivity index (χ2n) is 7.21. The lowest BCUT2D eigenvalue weighted by atomic mass is 10.1. The van der Waals surface area contributed by atoms with E-state index in [1.165, 1.54) is 30.5 Å². The van der Waals surface area contributed by atoms with Crippen LogP contribution in [0.3, 0.4) is 0 Å². The zero-order valence-electron chi connectivity index (χ0n) is 18.2. The first kappa shape index (κ1) is 24.0. The van der Waals surface area contributed by atoms with Gasteiger partial charge in [0.1, 0.15) is 5.76 Å². The molecule has 0 atom stereocenters. The average molecular weight is 469 g/mol. The van der Waals surface area contributed by atoms with Crippen molar-refractivity contribution in [2.45, 2.75) is 25.3 Å². The molecule has 2 aromatic carbocycles. The third-order valence-corrected chi connectivity index (χ3v) is 6.26. The number of esters is 1. The minimum atomic E-state index is -3.70. The van der Waals surface area contributed by atoms with Crippen LogP contribution in [0.1, 0.15) is 22.5 Å². The zero-order chi connectivity index (χ0) is 23.8. The number of amides is 1. The summed E-state index contributed by atoms with van der Waals surface area (Å²) in [6, 6.07) is 14.8. The van der Waals surface area contributed by atoms with Crippen molar-refractivity contribution < 1.29 is 27.2 Å². The highest BCUT2D eigenvalue weighted by Crippen LogP contribution is 2.18. The van der Waals surface area contributed by atoms with Crippen LogP contribution in [0.15, 0.2) is 76.2 Å². The van der Waals surface area contributed by atoms with Crippen LogP contribution in [-0.4, -0.2) is 26.9 Å². The fraction of sp³-hybridized carbons (Fsp3) is 0.167. The smallest absolute Gasteiger partial charge is 0.331 e. The molecule has 1 heterocycles. The number of benzene rings is 2. The Morgan fingerprint density at radius 1 is 1.03 bits per heavy atom. The largest absolute Gasteiger partial charge is 0.468 e. The standard InChI is InChI=1S/C24H24N2O6S/c1-17-5-3-7-22(18(17)2)26-23(27)16-32-24(28)13-10-19-8-11-21(12-9-19)33(29,30)25-15-20-6-4-14-31-20/h3-14,25H,15-16H2,1-2H3,(H,26,27). The van der Waals surface area contributed by atoms with E-state index < -0.39 is 28.5 Å². The summed E-state index contributed by atoms with van der Waals surface area (Å²) >= 11 is 0. The van der Waals surface area contributed by atoms with Gasteiger partial charge in [-0.1, -0.05) is 24.3 Å². The minimum absolute atomic E-state index is 0.0415. The van der Waals surface area contributed by atoms with E-state index in [4.69, 9.17) is 9.15 Å². The van der Waals surface area contributed by atoms with Gasteiger partial charge in [0.2, 0.25) is 10.0 Å². The van der Waals surface area contributed by atoms with Crippen molar-refractivity contribution in [1.82, 2.24) is 4.72 Å². The lowest BCUT2D eigenvalue weighted by Crippen LogP contribution is -2.22. The van der Waals surface area contributed by atoms with Crippen molar-refractivity contribution in [3.8, 4) is 0 Å². The van der Waals surface area contributed by atoms with Gasteiger partial charge in [0.15, 0.2) is 6.61 Å². The Labute approximate surface area is 192 Å². The highest BCUT2D eigenvalue weighted by atomic mass is 32.2. The van der Waals surface area contributed by atoms with Gasteiger partial charge >= 0.3 is 5.97 Å². The molecule has 9 heteroatoms. The van der Waals surface area contributed by atoms with Gasteiger partial charge in [0.25, 0.3) is 5.91 Å². The Bertz CT molecular complexity index is 1250. The fourth-order valence-corrected chi connectivity index (χ4v) is 3.84. The molecule has 33 heavy (non-hydrogen) atoms. The number of carbonyl (C=O) groups excluding carboxylic acids is 2. The Kier molecular flexibility index (Phi) is 7.81. The Morgan fingerprint density at radius 2 is 1.79 bits per heavy atom. The highest BCUT2D eigenvalue weighted by molar-refractivity contribution is 7.89. The van der Waals surface area contributed by atoms with Gasteiger partial charge in [0, 0.05) is 11.8 Å². The third kappa shape index (κ3) is 6.90. The van der Waals surface area contributed by atoms with Crippen LogP contribution in [0, 0.1) is 13.8 Å². The van der Waals surface area contributed by atoms with Crippen molar-refractivity contribution in [2.24, 2.45) is 0 Å². The van der Waals surface area contributed by atoms with Crippen molar-refractivity contribution in [1.29, 1.82) is 0 Å². The summed E-state index contributed by atoms with van der Waals surface area (Å²) in [7, 11) is -3.70. The highest BCUT2D eigenvalue weighted by Gasteiger charge is 2.14. The number of furan rings is 1. The molecule has 0 aliphatic carbocycles. The number of rotatable bonds is 9. The molecule has 2 N–H and O–H groups in total. The van der Waals surface area contributed by atoms with Crippen molar-refractivity contribution in [3.63, 3.8) is 0 Å². The second-order valence-corrected chi connectivity index (χ2v) is 8.98. The van der Waals surface area contributed by atoms with E-state index >= 15 is 0 Å². The number of ether oxygens (including phenoxy) is 1. The third-order valence-electron chi connectivity index (χ3n) is 4.84. The first-order chi connectivity index (χ1) is 15.7.